The van der Waals surface area contributed by atoms with Gasteiger partial charge in [-0.3, -0.25) is 4.79 Å². The van der Waals surface area contributed by atoms with E-state index in [0.717, 1.165) is 39.7 Å². The van der Waals surface area contributed by atoms with Crippen molar-refractivity contribution in [1.82, 2.24) is 4.98 Å². The number of benzene rings is 3. The number of ether oxygens (including phenoxy) is 1. The number of aromatic nitrogens is 1. The summed E-state index contributed by atoms with van der Waals surface area (Å²) in [6.45, 7) is 2.42. The molecular formula is C26H22N2O2S. The monoisotopic (exact) mass is 426 g/mol. The summed E-state index contributed by atoms with van der Waals surface area (Å²) in [6.07, 6.45) is 0.302. The molecule has 0 spiro atoms. The van der Waals surface area contributed by atoms with Crippen molar-refractivity contribution >= 4 is 22.9 Å². The number of nitrogens with zero attached hydrogens (tertiary/aromatic N) is 2. The number of hydrogen-bond acceptors (Lipinski definition) is 4. The van der Waals surface area contributed by atoms with Crippen LogP contribution in [0.2, 0.25) is 0 Å². The first kappa shape index (κ1) is 19.5. The largest absolute Gasteiger partial charge is 0.479 e. The number of hydrogen-bond donors (Lipinski definition) is 0. The molecule has 1 atom stereocenters. The lowest BCUT2D eigenvalue weighted by molar-refractivity contribution is -0.125. The molecule has 1 aromatic heterocycles. The molecule has 0 fully saturated rings. The van der Waals surface area contributed by atoms with Crippen LogP contribution < -0.4 is 9.64 Å². The van der Waals surface area contributed by atoms with E-state index in [1.165, 1.54) is 5.56 Å². The summed E-state index contributed by atoms with van der Waals surface area (Å²) >= 11 is 1.62. The standard InChI is InChI=1S/C26H22N2O2S/c1-18-26(29)28(15-14-19-8-4-2-5-9-19)23-16-21(12-13-24(23)30-18)22-17-31-25(27-22)20-10-6-3-7-11-20/h2-13,16-18H,14-15H2,1H3. The first-order valence-corrected chi connectivity index (χ1v) is 11.2. The normalized spacial score (nSPS) is 15.5. The zero-order chi connectivity index (χ0) is 21.2. The maximum atomic E-state index is 12.9. The molecule has 31 heavy (non-hydrogen) atoms. The van der Waals surface area contributed by atoms with E-state index in [9.17, 15) is 4.79 Å². The fourth-order valence-corrected chi connectivity index (χ4v) is 4.64. The molecule has 4 aromatic rings. The molecule has 0 aliphatic carbocycles. The molecule has 1 aliphatic heterocycles. The molecule has 0 radical (unpaired) electrons. The summed E-state index contributed by atoms with van der Waals surface area (Å²) < 4.78 is 5.88. The number of rotatable bonds is 5. The van der Waals surface area contributed by atoms with Crippen molar-refractivity contribution in [3.05, 3.63) is 89.8 Å². The summed E-state index contributed by atoms with van der Waals surface area (Å²) in [6, 6.07) is 26.4. The molecule has 0 saturated heterocycles. The Kier molecular flexibility index (Phi) is 5.26. The van der Waals surface area contributed by atoms with Crippen LogP contribution in [-0.2, 0) is 11.2 Å². The van der Waals surface area contributed by atoms with Crippen LogP contribution in [0.3, 0.4) is 0 Å². The van der Waals surface area contributed by atoms with E-state index in [4.69, 9.17) is 9.72 Å². The highest BCUT2D eigenvalue weighted by Crippen LogP contribution is 2.38. The fraction of sp³-hybridized carbons (Fsp3) is 0.154. The average molecular weight is 427 g/mol. The second kappa shape index (κ2) is 8.36. The van der Waals surface area contributed by atoms with Gasteiger partial charge in [0.1, 0.15) is 10.8 Å². The van der Waals surface area contributed by atoms with Crippen molar-refractivity contribution in [2.75, 3.05) is 11.4 Å². The van der Waals surface area contributed by atoms with Gasteiger partial charge in [0.05, 0.1) is 11.4 Å². The van der Waals surface area contributed by atoms with Crippen LogP contribution in [0.5, 0.6) is 5.75 Å². The summed E-state index contributed by atoms with van der Waals surface area (Å²) in [5.74, 6) is 0.728. The highest BCUT2D eigenvalue weighted by Gasteiger charge is 2.31. The number of anilines is 1. The number of carbonyl (C=O) groups is 1. The molecular weight excluding hydrogens is 404 g/mol. The van der Waals surface area contributed by atoms with Crippen molar-refractivity contribution in [2.24, 2.45) is 0 Å². The minimum Gasteiger partial charge on any atom is -0.479 e. The number of thiazole rings is 1. The fourth-order valence-electron chi connectivity index (χ4n) is 3.80. The zero-order valence-electron chi connectivity index (χ0n) is 17.2. The molecule has 154 valence electrons. The first-order chi connectivity index (χ1) is 15.2. The Bertz CT molecular complexity index is 1200. The van der Waals surface area contributed by atoms with Gasteiger partial charge in [-0.15, -0.1) is 11.3 Å². The molecule has 4 nitrogen and oxygen atoms in total. The molecule has 5 heteroatoms. The molecule has 3 aromatic carbocycles. The van der Waals surface area contributed by atoms with Crippen molar-refractivity contribution < 1.29 is 9.53 Å². The van der Waals surface area contributed by atoms with Gasteiger partial charge >= 0.3 is 0 Å². The molecule has 0 saturated carbocycles. The number of fused-ring (bicyclic) bond motifs is 1. The van der Waals surface area contributed by atoms with Crippen molar-refractivity contribution in [3.8, 4) is 27.6 Å². The van der Waals surface area contributed by atoms with Gasteiger partial charge < -0.3 is 9.64 Å². The second-order valence-corrected chi connectivity index (χ2v) is 8.43. The number of amides is 1. The van der Waals surface area contributed by atoms with Crippen LogP contribution in [0.15, 0.2) is 84.2 Å². The zero-order valence-corrected chi connectivity index (χ0v) is 18.0. The Balaban J connectivity index is 1.46. The minimum absolute atomic E-state index is 0.0103. The Morgan fingerprint density at radius 3 is 2.48 bits per heavy atom. The van der Waals surface area contributed by atoms with E-state index >= 15 is 0 Å². The first-order valence-electron chi connectivity index (χ1n) is 10.4. The van der Waals surface area contributed by atoms with Gasteiger partial charge in [-0.2, -0.15) is 0 Å². The lowest BCUT2D eigenvalue weighted by Gasteiger charge is -2.33. The Hall–Kier alpha value is -3.44. The summed E-state index contributed by atoms with van der Waals surface area (Å²) in [7, 11) is 0. The van der Waals surface area contributed by atoms with Crippen molar-refractivity contribution in [2.45, 2.75) is 19.4 Å². The molecule has 5 rings (SSSR count). The van der Waals surface area contributed by atoms with Gasteiger partial charge in [-0.05, 0) is 37.1 Å². The molecule has 1 aliphatic rings. The minimum atomic E-state index is -0.488. The highest BCUT2D eigenvalue weighted by molar-refractivity contribution is 7.13. The van der Waals surface area contributed by atoms with Gasteiger partial charge in [-0.1, -0.05) is 60.7 Å². The maximum Gasteiger partial charge on any atom is 0.267 e. The number of carbonyl (C=O) groups excluding carboxylic acids is 1. The smallest absolute Gasteiger partial charge is 0.267 e. The van der Waals surface area contributed by atoms with Gasteiger partial charge in [0.2, 0.25) is 0 Å². The molecule has 0 N–H and O–H groups in total. The quantitative estimate of drug-likeness (QED) is 0.403. The lowest BCUT2D eigenvalue weighted by Crippen LogP contribution is -2.45. The Morgan fingerprint density at radius 1 is 0.968 bits per heavy atom. The lowest BCUT2D eigenvalue weighted by atomic mass is 10.1. The van der Waals surface area contributed by atoms with Crippen molar-refractivity contribution in [3.63, 3.8) is 0 Å². The van der Waals surface area contributed by atoms with Crippen LogP contribution >= 0.6 is 11.3 Å². The van der Waals surface area contributed by atoms with Crippen LogP contribution in [0.4, 0.5) is 5.69 Å². The molecule has 1 amide bonds. The predicted molar refractivity (Wildman–Crippen MR) is 126 cm³/mol. The van der Waals surface area contributed by atoms with Gasteiger partial charge in [0, 0.05) is 23.1 Å². The Morgan fingerprint density at radius 2 is 1.71 bits per heavy atom. The summed E-state index contributed by atoms with van der Waals surface area (Å²) in [5, 5.41) is 3.04. The van der Waals surface area contributed by atoms with Gasteiger partial charge in [0.25, 0.3) is 5.91 Å². The van der Waals surface area contributed by atoms with E-state index in [0.29, 0.717) is 6.54 Å². The Labute approximate surface area is 185 Å². The highest BCUT2D eigenvalue weighted by atomic mass is 32.1. The molecule has 2 heterocycles. The second-order valence-electron chi connectivity index (χ2n) is 7.57. The SMILES string of the molecule is CC1Oc2ccc(-c3csc(-c4ccccc4)n3)cc2N(CCc2ccccc2)C1=O. The third-order valence-electron chi connectivity index (χ3n) is 5.45. The van der Waals surface area contributed by atoms with Crippen LogP contribution in [0.1, 0.15) is 12.5 Å². The molecule has 0 bridgehead atoms. The van der Waals surface area contributed by atoms with Crippen LogP contribution in [-0.4, -0.2) is 23.5 Å². The predicted octanol–water partition coefficient (Wildman–Crippen LogP) is 5.83. The maximum absolute atomic E-state index is 12.9. The van der Waals surface area contributed by atoms with E-state index in [-0.39, 0.29) is 5.91 Å². The summed E-state index contributed by atoms with van der Waals surface area (Å²) in [5.41, 5.74) is 5.01. The molecule has 1 unspecified atom stereocenters. The third kappa shape index (κ3) is 3.97. The van der Waals surface area contributed by atoms with E-state index < -0.39 is 6.10 Å². The topological polar surface area (TPSA) is 42.4 Å². The van der Waals surface area contributed by atoms with Gasteiger partial charge in [0.15, 0.2) is 6.10 Å². The van der Waals surface area contributed by atoms with Crippen LogP contribution in [0, 0.1) is 0 Å². The average Bonchev–Trinajstić information content (AvgIpc) is 3.31. The third-order valence-corrected chi connectivity index (χ3v) is 6.35. The van der Waals surface area contributed by atoms with Gasteiger partial charge in [-0.25, -0.2) is 4.98 Å². The van der Waals surface area contributed by atoms with E-state index in [1.807, 2.05) is 59.5 Å². The van der Waals surface area contributed by atoms with Crippen LogP contribution in [0.25, 0.3) is 21.8 Å². The van der Waals surface area contributed by atoms with E-state index in [1.54, 1.807) is 18.3 Å². The van der Waals surface area contributed by atoms with Crippen molar-refractivity contribution in [1.29, 1.82) is 0 Å². The summed E-state index contributed by atoms with van der Waals surface area (Å²) in [4.78, 5) is 19.6. The van der Waals surface area contributed by atoms with E-state index in [2.05, 4.69) is 29.6 Å².